The highest BCUT2D eigenvalue weighted by Gasteiger charge is 2.11. The molecule has 0 spiro atoms. The van der Waals surface area contributed by atoms with Crippen LogP contribution >= 0.6 is 15.9 Å². The third-order valence-electron chi connectivity index (χ3n) is 3.19. The normalized spacial score (nSPS) is 10.0. The van der Waals surface area contributed by atoms with Gasteiger partial charge in [0.25, 0.3) is 11.8 Å². The lowest BCUT2D eigenvalue weighted by atomic mass is 10.1. The number of para-hydroxylation sites is 1. The Hall–Kier alpha value is -2.67. The minimum absolute atomic E-state index is 0.310. The van der Waals surface area contributed by atoms with Crippen molar-refractivity contribution in [2.24, 2.45) is 0 Å². The van der Waals surface area contributed by atoms with Crippen LogP contribution in [-0.4, -0.2) is 30.9 Å². The molecule has 2 amide bonds. The highest BCUT2D eigenvalue weighted by Crippen LogP contribution is 2.20. The van der Waals surface area contributed by atoms with Crippen molar-refractivity contribution < 1.29 is 19.1 Å². The van der Waals surface area contributed by atoms with E-state index in [4.69, 9.17) is 4.74 Å². The summed E-state index contributed by atoms with van der Waals surface area (Å²) in [6, 6.07) is 14.1. The van der Waals surface area contributed by atoms with E-state index in [1.807, 2.05) is 19.1 Å². The van der Waals surface area contributed by atoms with E-state index < -0.39 is 18.5 Å². The van der Waals surface area contributed by atoms with Gasteiger partial charge in [0, 0.05) is 10.0 Å². The van der Waals surface area contributed by atoms with Gasteiger partial charge in [0.15, 0.2) is 6.61 Å². The van der Waals surface area contributed by atoms with Crippen LogP contribution in [0.2, 0.25) is 0 Å². The van der Waals surface area contributed by atoms with Crippen LogP contribution in [0.15, 0.2) is 53.0 Å². The fraction of sp³-hybridized carbons (Fsp3) is 0.167. The Labute approximate surface area is 153 Å². The maximum absolute atomic E-state index is 11.9. The van der Waals surface area contributed by atoms with Crippen LogP contribution in [0.5, 0.6) is 0 Å². The number of carbonyl (C=O) groups is 3. The largest absolute Gasteiger partial charge is 0.454 e. The molecule has 2 aromatic rings. The van der Waals surface area contributed by atoms with Gasteiger partial charge in [0.1, 0.15) is 6.54 Å². The van der Waals surface area contributed by atoms with Gasteiger partial charge >= 0.3 is 5.97 Å². The molecule has 0 aliphatic heterocycles. The number of amides is 2. The Morgan fingerprint density at radius 2 is 1.84 bits per heavy atom. The van der Waals surface area contributed by atoms with Crippen LogP contribution in [0, 0.1) is 6.92 Å². The Morgan fingerprint density at radius 3 is 2.56 bits per heavy atom. The summed E-state index contributed by atoms with van der Waals surface area (Å²) in [5.41, 5.74) is 1.98. The first-order valence-electron chi connectivity index (χ1n) is 7.50. The van der Waals surface area contributed by atoms with Gasteiger partial charge in [-0.05, 0) is 47.1 Å². The average Bonchev–Trinajstić information content (AvgIpc) is 2.60. The first-order chi connectivity index (χ1) is 12.0. The zero-order chi connectivity index (χ0) is 18.2. The van der Waals surface area contributed by atoms with Crippen molar-refractivity contribution in [3.05, 3.63) is 64.1 Å². The van der Waals surface area contributed by atoms with E-state index in [1.54, 1.807) is 36.4 Å². The molecule has 2 aromatic carbocycles. The topological polar surface area (TPSA) is 84.5 Å². The van der Waals surface area contributed by atoms with Gasteiger partial charge in [-0.15, -0.1) is 0 Å². The Balaban J connectivity index is 1.74. The molecule has 0 unspecified atom stereocenters. The molecule has 0 aromatic heterocycles. The van der Waals surface area contributed by atoms with Gasteiger partial charge in [0.2, 0.25) is 0 Å². The molecule has 0 atom stereocenters. The molecule has 0 heterocycles. The lowest BCUT2D eigenvalue weighted by molar-refractivity contribution is -0.146. The van der Waals surface area contributed by atoms with E-state index in [0.29, 0.717) is 11.3 Å². The Kier molecular flexibility index (Phi) is 6.71. The van der Waals surface area contributed by atoms with E-state index in [9.17, 15) is 14.4 Å². The van der Waals surface area contributed by atoms with Crippen molar-refractivity contribution in [3.63, 3.8) is 0 Å². The number of nitrogens with one attached hydrogen (secondary N) is 2. The third kappa shape index (κ3) is 6.04. The molecule has 0 aliphatic rings. The second-order valence-corrected chi connectivity index (χ2v) is 6.10. The summed E-state index contributed by atoms with van der Waals surface area (Å²) in [5, 5.41) is 5.07. The van der Waals surface area contributed by atoms with Crippen LogP contribution in [-0.2, 0) is 14.3 Å². The van der Waals surface area contributed by atoms with Crippen LogP contribution in [0.4, 0.5) is 5.69 Å². The number of hydrogen-bond acceptors (Lipinski definition) is 4. The Bertz CT molecular complexity index is 792. The zero-order valence-electron chi connectivity index (χ0n) is 13.5. The van der Waals surface area contributed by atoms with Crippen molar-refractivity contribution >= 4 is 39.4 Å². The minimum Gasteiger partial charge on any atom is -0.454 e. The Morgan fingerprint density at radius 1 is 1.08 bits per heavy atom. The van der Waals surface area contributed by atoms with Gasteiger partial charge in [0.05, 0.1) is 5.69 Å². The standard InChI is InChI=1S/C18H17BrN2O4/c1-12-5-4-6-13(9-12)18(24)20-10-17(23)25-11-16(22)21-15-8-3-2-7-14(15)19/h2-9H,10-11H2,1H3,(H,20,24)(H,21,22). The molecule has 0 aliphatic carbocycles. The molecule has 2 rings (SSSR count). The summed E-state index contributed by atoms with van der Waals surface area (Å²) in [4.78, 5) is 35.3. The summed E-state index contributed by atoms with van der Waals surface area (Å²) in [5.74, 6) is -1.54. The predicted molar refractivity (Wildman–Crippen MR) is 97.2 cm³/mol. The molecule has 25 heavy (non-hydrogen) atoms. The van der Waals surface area contributed by atoms with Crippen molar-refractivity contribution in [2.45, 2.75) is 6.92 Å². The summed E-state index contributed by atoms with van der Waals surface area (Å²) in [6.45, 7) is 1.13. The first kappa shape index (κ1) is 18.7. The predicted octanol–water partition coefficient (Wildman–Crippen LogP) is 2.67. The highest BCUT2D eigenvalue weighted by atomic mass is 79.9. The average molecular weight is 405 g/mol. The van der Waals surface area contributed by atoms with E-state index in [1.165, 1.54) is 0 Å². The number of hydrogen-bond donors (Lipinski definition) is 2. The molecule has 6 nitrogen and oxygen atoms in total. The maximum Gasteiger partial charge on any atom is 0.325 e. The summed E-state index contributed by atoms with van der Waals surface area (Å²) >= 11 is 3.30. The van der Waals surface area contributed by atoms with Gasteiger partial charge in [-0.25, -0.2) is 0 Å². The molecule has 130 valence electrons. The maximum atomic E-state index is 11.9. The quantitative estimate of drug-likeness (QED) is 0.724. The fourth-order valence-electron chi connectivity index (χ4n) is 1.99. The van der Waals surface area contributed by atoms with Gasteiger partial charge in [-0.2, -0.15) is 0 Å². The molecule has 0 saturated carbocycles. The van der Waals surface area contributed by atoms with E-state index in [0.717, 1.165) is 10.0 Å². The lowest BCUT2D eigenvalue weighted by Crippen LogP contribution is -2.32. The number of carbonyl (C=O) groups excluding carboxylic acids is 3. The number of anilines is 1. The molecule has 0 fully saturated rings. The van der Waals surface area contributed by atoms with Crippen LogP contribution in [0.3, 0.4) is 0 Å². The number of benzene rings is 2. The summed E-state index contributed by atoms with van der Waals surface area (Å²) in [7, 11) is 0. The number of aryl methyl sites for hydroxylation is 1. The molecule has 2 N–H and O–H groups in total. The number of ether oxygens (including phenoxy) is 1. The SMILES string of the molecule is Cc1cccc(C(=O)NCC(=O)OCC(=O)Nc2ccccc2Br)c1. The molecule has 0 saturated heterocycles. The fourth-order valence-corrected chi connectivity index (χ4v) is 2.37. The highest BCUT2D eigenvalue weighted by molar-refractivity contribution is 9.10. The van der Waals surface area contributed by atoms with Gasteiger partial charge < -0.3 is 15.4 Å². The van der Waals surface area contributed by atoms with E-state index >= 15 is 0 Å². The summed E-state index contributed by atoms with van der Waals surface area (Å²) in [6.07, 6.45) is 0. The first-order valence-corrected chi connectivity index (χ1v) is 8.30. The monoisotopic (exact) mass is 404 g/mol. The second kappa shape index (κ2) is 8.98. The summed E-state index contributed by atoms with van der Waals surface area (Å²) < 4.78 is 5.57. The zero-order valence-corrected chi connectivity index (χ0v) is 15.1. The third-order valence-corrected chi connectivity index (χ3v) is 3.88. The minimum atomic E-state index is -0.691. The molecule has 0 radical (unpaired) electrons. The van der Waals surface area contributed by atoms with Crippen LogP contribution < -0.4 is 10.6 Å². The van der Waals surface area contributed by atoms with Gasteiger partial charge in [-0.3, -0.25) is 14.4 Å². The van der Waals surface area contributed by atoms with Gasteiger partial charge in [-0.1, -0.05) is 29.8 Å². The molecular weight excluding hydrogens is 388 g/mol. The van der Waals surface area contributed by atoms with E-state index in [-0.39, 0.29) is 12.5 Å². The lowest BCUT2D eigenvalue weighted by Gasteiger charge is -2.09. The second-order valence-electron chi connectivity index (χ2n) is 5.24. The van der Waals surface area contributed by atoms with Crippen molar-refractivity contribution in [2.75, 3.05) is 18.5 Å². The van der Waals surface area contributed by atoms with Crippen LogP contribution in [0.25, 0.3) is 0 Å². The van der Waals surface area contributed by atoms with Crippen LogP contribution in [0.1, 0.15) is 15.9 Å². The molecule has 7 heteroatoms. The van der Waals surface area contributed by atoms with E-state index in [2.05, 4.69) is 26.6 Å². The number of halogens is 1. The van der Waals surface area contributed by atoms with Crippen molar-refractivity contribution in [1.29, 1.82) is 0 Å². The van der Waals surface area contributed by atoms with Crippen molar-refractivity contribution in [1.82, 2.24) is 5.32 Å². The smallest absolute Gasteiger partial charge is 0.325 e. The van der Waals surface area contributed by atoms with Crippen molar-refractivity contribution in [3.8, 4) is 0 Å². The molecule has 0 bridgehead atoms. The number of rotatable bonds is 6. The number of esters is 1. The molecular formula is C18H17BrN2O4.